The molecule has 20 fully saturated rings. The summed E-state index contributed by atoms with van der Waals surface area (Å²) in [6, 6.07) is 0. The standard InChI is InChI=1S/2C40H59NO10.CH4O3S/c2*1-19-11-25-5-7-29-20(2)12-27(44-29)9-10-40-17-34-36(50-40)37-38(49-34)39(51-40)35-30(48-37)8-6-26(46-35)13-23(42)14-28-22(4)31(15-24(43)18-41)47-33(28)16-32(45-25)21(19)3;1-5(2,3)4/h2*19,22,24-39,43H,2-3,5-18,41H2,1,4H3;1H3,(H,2,3,4)/t2*19-,22-,24+,25+,26?,27+,28-,29?,30+,31-,32?,33+,34-,35+,36?,37+,38-,39+,40+;/m11./s1. The van der Waals surface area contributed by atoms with Gasteiger partial charge in [-0.3, -0.25) is 14.1 Å². The van der Waals surface area contributed by atoms with Crippen LogP contribution in [0.15, 0.2) is 48.6 Å². The van der Waals surface area contributed by atoms with Gasteiger partial charge in [0, 0.05) is 90.1 Å². The third kappa shape index (κ3) is 16.3. The van der Waals surface area contributed by atoms with Crippen molar-refractivity contribution in [1.29, 1.82) is 0 Å². The fourth-order valence-corrected chi connectivity index (χ4v) is 22.6. The smallest absolute Gasteiger partial charge is 0.261 e. The lowest BCUT2D eigenvalue weighted by atomic mass is 9.78. The van der Waals surface area contributed by atoms with E-state index in [0.717, 1.165) is 112 Å². The number of ether oxygens (including phenoxy) is 16. The van der Waals surface area contributed by atoms with Crippen LogP contribution in [-0.2, 0) is 95.5 Å². The van der Waals surface area contributed by atoms with Crippen molar-refractivity contribution in [3.8, 4) is 0 Å². The Labute approximate surface area is 631 Å². The molecule has 2 spiro atoms. The van der Waals surface area contributed by atoms with Crippen LogP contribution < -0.4 is 11.5 Å². The normalized spacial score (nSPS) is 51.2. The van der Waals surface area contributed by atoms with Gasteiger partial charge in [-0.25, -0.2) is 0 Å². The first-order chi connectivity index (χ1) is 51.1. The number of rotatable bonds is 6. The Hall–Kier alpha value is -2.59. The van der Waals surface area contributed by atoms with Gasteiger partial charge < -0.3 is 97.5 Å². The first kappa shape index (κ1) is 78.3. The summed E-state index contributed by atoms with van der Waals surface area (Å²) in [4.78, 5) is 28.0. The highest BCUT2D eigenvalue weighted by molar-refractivity contribution is 7.85. The highest BCUT2D eigenvalue weighted by Crippen LogP contribution is 2.58. The summed E-state index contributed by atoms with van der Waals surface area (Å²) < 4.78 is 134. The van der Waals surface area contributed by atoms with E-state index in [-0.39, 0.29) is 219 Å². The fourth-order valence-electron chi connectivity index (χ4n) is 22.6. The number of aliphatic hydroxyl groups is 2. The minimum atomic E-state index is -3.67. The van der Waals surface area contributed by atoms with Crippen LogP contribution in [0.2, 0.25) is 0 Å². The van der Waals surface area contributed by atoms with E-state index in [0.29, 0.717) is 95.1 Å². The van der Waals surface area contributed by atoms with Gasteiger partial charge in [-0.15, -0.1) is 0 Å². The molecule has 8 unspecified atom stereocenters. The Morgan fingerprint density at radius 2 is 0.766 bits per heavy atom. The molecule has 26 heteroatoms. The lowest BCUT2D eigenvalue weighted by molar-refractivity contribution is -0.292. The van der Waals surface area contributed by atoms with E-state index < -0.39 is 33.9 Å². The second-order valence-corrected chi connectivity index (χ2v) is 37.4. The Bertz CT molecular complexity index is 3180. The number of aliphatic hydroxyl groups excluding tert-OH is 2. The largest absolute Gasteiger partial charge is 0.392 e. The van der Waals surface area contributed by atoms with Crippen LogP contribution in [0.4, 0.5) is 0 Å². The van der Waals surface area contributed by atoms with Gasteiger partial charge in [0.2, 0.25) is 0 Å². The number of fused-ring (bicyclic) bond motifs is 12. The second kappa shape index (κ2) is 31.5. The quantitative estimate of drug-likeness (QED) is 0.126. The minimum absolute atomic E-state index is 0.00127. The van der Waals surface area contributed by atoms with Gasteiger partial charge in [0.05, 0.1) is 128 Å². The molecule has 0 radical (unpaired) electrons. The maximum atomic E-state index is 14.0. The average Bonchev–Trinajstić information content (AvgIpc) is 1.55. The maximum Gasteiger partial charge on any atom is 0.261 e. The molecule has 20 rings (SSSR count). The summed E-state index contributed by atoms with van der Waals surface area (Å²) in [6.07, 6.45) is 13.6. The van der Waals surface area contributed by atoms with Gasteiger partial charge in [0.1, 0.15) is 72.6 Å². The van der Waals surface area contributed by atoms with Crippen LogP contribution >= 0.6 is 0 Å². The molecule has 25 nitrogen and oxygen atoms in total. The molecule has 20 heterocycles. The summed E-state index contributed by atoms with van der Waals surface area (Å²) in [5, 5.41) is 21.0. The summed E-state index contributed by atoms with van der Waals surface area (Å²) >= 11 is 0. The van der Waals surface area contributed by atoms with Crippen LogP contribution in [0, 0.1) is 35.5 Å². The van der Waals surface area contributed by atoms with Gasteiger partial charge >= 0.3 is 0 Å². The third-order valence-electron chi connectivity index (χ3n) is 28.4. The second-order valence-electron chi connectivity index (χ2n) is 35.9. The van der Waals surface area contributed by atoms with E-state index in [2.05, 4.69) is 54.0 Å². The third-order valence-corrected chi connectivity index (χ3v) is 28.4. The number of carbonyl (C=O) groups excluding carboxylic acids is 2. The molecule has 20 saturated heterocycles. The van der Waals surface area contributed by atoms with E-state index in [1.54, 1.807) is 0 Å². The van der Waals surface area contributed by atoms with Gasteiger partial charge in [0.15, 0.2) is 11.6 Å². The van der Waals surface area contributed by atoms with Crippen molar-refractivity contribution in [2.45, 2.75) is 389 Å². The molecule has 0 amide bonds. The predicted octanol–water partition coefficient (Wildman–Crippen LogP) is 7.62. The van der Waals surface area contributed by atoms with Gasteiger partial charge in [-0.2, -0.15) is 8.42 Å². The van der Waals surface area contributed by atoms with E-state index >= 15 is 0 Å². The van der Waals surface area contributed by atoms with Crippen LogP contribution in [0.25, 0.3) is 0 Å². The van der Waals surface area contributed by atoms with Crippen molar-refractivity contribution >= 4 is 21.7 Å². The zero-order valence-corrected chi connectivity index (χ0v) is 64.3. The Kier molecular flexibility index (Phi) is 23.1. The number of Topliss-reactive ketones (excluding diaryl/α,β-unsaturated/α-hetero) is 2. The van der Waals surface area contributed by atoms with Crippen molar-refractivity contribution < 1.29 is 109 Å². The predicted molar refractivity (Wildman–Crippen MR) is 387 cm³/mol. The number of ketones is 2. The number of hydrogen-bond acceptors (Lipinski definition) is 24. The molecular formula is C81H122N2O23S. The highest BCUT2D eigenvalue weighted by atomic mass is 32.2. The molecule has 20 aliphatic heterocycles. The molecule has 0 aromatic rings. The summed E-state index contributed by atoms with van der Waals surface area (Å²) in [7, 11) is -3.67. The Morgan fingerprint density at radius 3 is 1.17 bits per heavy atom. The monoisotopic (exact) mass is 1520 g/mol. The molecular weight excluding hydrogens is 1400 g/mol. The minimum Gasteiger partial charge on any atom is -0.392 e. The van der Waals surface area contributed by atoms with Gasteiger partial charge in [-0.1, -0.05) is 54.0 Å². The van der Waals surface area contributed by atoms with Crippen molar-refractivity contribution in [3.63, 3.8) is 0 Å². The number of carbonyl (C=O) groups is 2. The lowest BCUT2D eigenvalue weighted by Crippen LogP contribution is -2.61. The summed E-state index contributed by atoms with van der Waals surface area (Å²) in [5.41, 5.74) is 16.1. The highest BCUT2D eigenvalue weighted by Gasteiger charge is 2.71. The summed E-state index contributed by atoms with van der Waals surface area (Å²) in [5.74, 6) is -0.444. The first-order valence-electron chi connectivity index (χ1n) is 41.1. The van der Waals surface area contributed by atoms with E-state index in [1.165, 1.54) is 0 Å². The van der Waals surface area contributed by atoms with E-state index in [9.17, 15) is 28.2 Å². The number of hydrogen-bond donors (Lipinski definition) is 5. The van der Waals surface area contributed by atoms with Crippen molar-refractivity contribution in [2.75, 3.05) is 19.3 Å². The zero-order valence-electron chi connectivity index (χ0n) is 63.5. The topological polar surface area (TPSA) is 329 Å². The zero-order chi connectivity index (χ0) is 74.9. The van der Waals surface area contributed by atoms with Crippen LogP contribution in [0.3, 0.4) is 0 Å². The SMILES string of the molecule is C=C1C[C@@H]2CC[C@@]34C[C@H]5O[C@H]6[C@@H](O3)[C@H]3OC(CC[C@@H]3O[C@H]6C5O4)CC(=O)C[C@@H]3[C@@H](C)[C@@H](C[C@H](O)CN)O[C@H]3CC3O[C@@H](CCC1O2)C[C@@H](C)C3=C.C=C1C[C@@H]2CC[C@@]34C[C@H]5O[C@H]6[C@@H](O3)[C@H]3OC(CC[C@@H]3O[C@H]6C5O4)CC(=O)C[C@@H]3[C@@H](C)[C@@H](C[C@H](O)CN)O[C@H]3CC3O[C@@H](CCC1O2)C[C@@H](C)C3=C.CS(=O)(=O)O. The Balaban J connectivity index is 0.000000154. The van der Waals surface area contributed by atoms with Crippen LogP contribution in [-0.4, -0.2) is 249 Å². The molecule has 0 aromatic heterocycles. The first-order valence-corrected chi connectivity index (χ1v) is 43.0. The molecule has 24 bridgehead atoms. The molecule has 0 aliphatic carbocycles. The molecule has 107 heavy (non-hydrogen) atoms. The maximum absolute atomic E-state index is 14.0. The van der Waals surface area contributed by atoms with Crippen LogP contribution in [0.5, 0.6) is 0 Å². The van der Waals surface area contributed by atoms with Crippen molar-refractivity contribution in [2.24, 2.45) is 47.0 Å². The lowest BCUT2D eigenvalue weighted by Gasteiger charge is -2.47. The van der Waals surface area contributed by atoms with Crippen LogP contribution in [0.1, 0.15) is 195 Å². The number of nitrogens with two attached hydrogens (primary N) is 2. The molecule has 7 N–H and O–H groups in total. The van der Waals surface area contributed by atoms with Gasteiger partial charge in [-0.05, 0) is 148 Å². The van der Waals surface area contributed by atoms with Crippen molar-refractivity contribution in [3.05, 3.63) is 48.6 Å². The molecule has 38 atom stereocenters. The molecule has 0 saturated carbocycles. The van der Waals surface area contributed by atoms with E-state index in [1.807, 2.05) is 0 Å². The fraction of sp³-hybridized carbons (Fsp3) is 0.877. The average molecular weight is 1520 g/mol. The molecule has 20 aliphatic rings. The van der Waals surface area contributed by atoms with E-state index in [4.69, 9.17) is 91.8 Å². The Morgan fingerprint density at radius 1 is 0.411 bits per heavy atom. The summed E-state index contributed by atoms with van der Waals surface area (Å²) in [6.45, 7) is 27.0. The van der Waals surface area contributed by atoms with Crippen molar-refractivity contribution in [1.82, 2.24) is 0 Å². The molecule has 0 aromatic carbocycles. The molecule has 600 valence electrons. The van der Waals surface area contributed by atoms with Gasteiger partial charge in [0.25, 0.3) is 10.1 Å².